The molecule has 0 N–H and O–H groups in total. The number of likely N-dealkylation sites (tertiary alicyclic amines) is 1. The summed E-state index contributed by atoms with van der Waals surface area (Å²) in [6.07, 6.45) is 3.22. The Kier molecular flexibility index (Phi) is 4.94. The zero-order valence-electron chi connectivity index (χ0n) is 15.3. The third kappa shape index (κ3) is 3.47. The van der Waals surface area contributed by atoms with Crippen molar-refractivity contribution in [3.63, 3.8) is 0 Å². The molecule has 138 valence electrons. The van der Waals surface area contributed by atoms with Crippen LogP contribution in [0.4, 0.5) is 0 Å². The summed E-state index contributed by atoms with van der Waals surface area (Å²) in [5.41, 5.74) is 2.05. The van der Waals surface area contributed by atoms with Crippen molar-refractivity contribution in [3.8, 4) is 11.5 Å². The van der Waals surface area contributed by atoms with Gasteiger partial charge >= 0.3 is 0 Å². The molecule has 0 saturated carbocycles. The Labute approximate surface area is 158 Å². The van der Waals surface area contributed by atoms with Crippen LogP contribution in [0, 0.1) is 5.92 Å². The van der Waals surface area contributed by atoms with Crippen LogP contribution >= 0.6 is 11.8 Å². The number of hydrogen-bond donors (Lipinski definition) is 0. The van der Waals surface area contributed by atoms with E-state index in [-0.39, 0.29) is 12.7 Å². The van der Waals surface area contributed by atoms with E-state index < -0.39 is 0 Å². The van der Waals surface area contributed by atoms with Crippen molar-refractivity contribution in [1.82, 2.24) is 9.88 Å². The maximum atomic E-state index is 12.6. The molecular weight excluding hydrogens is 348 g/mol. The van der Waals surface area contributed by atoms with Crippen molar-refractivity contribution in [2.45, 2.75) is 38.1 Å². The van der Waals surface area contributed by atoms with Crippen molar-refractivity contribution in [2.24, 2.45) is 5.92 Å². The summed E-state index contributed by atoms with van der Waals surface area (Å²) in [6, 6.07) is 6.06. The number of rotatable bonds is 4. The monoisotopic (exact) mass is 372 g/mol. The first-order chi connectivity index (χ1) is 12.6. The van der Waals surface area contributed by atoms with Gasteiger partial charge < -0.3 is 14.4 Å². The highest BCUT2D eigenvalue weighted by atomic mass is 32.2. The minimum atomic E-state index is 0.219. The maximum Gasteiger partial charge on any atom is 0.232 e. The fourth-order valence-corrected chi connectivity index (χ4v) is 4.60. The number of carbonyl (C=O) groups excluding carboxylic acids is 1. The highest BCUT2D eigenvalue weighted by Gasteiger charge is 2.22. The fourth-order valence-electron chi connectivity index (χ4n) is 3.61. The number of amides is 1. The van der Waals surface area contributed by atoms with Crippen LogP contribution in [-0.4, -0.2) is 41.4 Å². The largest absolute Gasteiger partial charge is 0.454 e. The first kappa shape index (κ1) is 17.5. The minimum absolute atomic E-state index is 0.219. The molecular formula is C20H24N2O3S. The van der Waals surface area contributed by atoms with E-state index in [4.69, 9.17) is 14.5 Å². The molecule has 1 fully saturated rings. The second kappa shape index (κ2) is 7.35. The van der Waals surface area contributed by atoms with Crippen LogP contribution in [0.1, 0.15) is 32.3 Å². The lowest BCUT2D eigenvalue weighted by molar-refractivity contribution is -0.130. The molecule has 4 rings (SSSR count). The molecule has 0 unspecified atom stereocenters. The molecule has 1 saturated heterocycles. The number of benzene rings is 1. The molecule has 26 heavy (non-hydrogen) atoms. The minimum Gasteiger partial charge on any atom is -0.454 e. The SMILES string of the molecule is CCc1cc2cc3c(cc2nc1SCC(=O)N1CCC[C@H](C)C1)OCO3. The molecule has 0 radical (unpaired) electrons. The van der Waals surface area contributed by atoms with E-state index in [0.29, 0.717) is 11.7 Å². The molecule has 0 spiro atoms. The first-order valence-electron chi connectivity index (χ1n) is 9.28. The predicted octanol–water partition coefficient (Wildman–Crippen LogP) is 3.88. The Bertz CT molecular complexity index is 839. The van der Waals surface area contributed by atoms with Gasteiger partial charge in [0.25, 0.3) is 0 Å². The number of carbonyl (C=O) groups is 1. The number of fused-ring (bicyclic) bond motifs is 2. The second-order valence-electron chi connectivity index (χ2n) is 7.08. The number of nitrogens with zero attached hydrogens (tertiary/aromatic N) is 2. The first-order valence-corrected chi connectivity index (χ1v) is 10.3. The highest BCUT2D eigenvalue weighted by molar-refractivity contribution is 7.99. The van der Waals surface area contributed by atoms with Crippen molar-refractivity contribution in [1.29, 1.82) is 0 Å². The molecule has 2 aliphatic rings. The van der Waals surface area contributed by atoms with Gasteiger partial charge in [0.05, 0.1) is 11.3 Å². The van der Waals surface area contributed by atoms with E-state index in [9.17, 15) is 4.79 Å². The van der Waals surface area contributed by atoms with Crippen molar-refractivity contribution < 1.29 is 14.3 Å². The maximum absolute atomic E-state index is 12.6. The molecule has 0 bridgehead atoms. The zero-order chi connectivity index (χ0) is 18.1. The standard InChI is InChI=1S/C20H24N2O3S/c1-3-14-7-15-8-17-18(25-12-24-17)9-16(15)21-20(14)26-11-19(23)22-6-4-5-13(2)10-22/h7-9,13H,3-6,10-12H2,1-2H3/t13-/m0/s1. The summed E-state index contributed by atoms with van der Waals surface area (Å²) in [6.45, 7) is 6.37. The summed E-state index contributed by atoms with van der Waals surface area (Å²) in [4.78, 5) is 19.4. The number of hydrogen-bond acceptors (Lipinski definition) is 5. The number of piperidine rings is 1. The van der Waals surface area contributed by atoms with E-state index >= 15 is 0 Å². The van der Waals surface area contributed by atoms with Gasteiger partial charge in [-0.15, -0.1) is 0 Å². The zero-order valence-corrected chi connectivity index (χ0v) is 16.1. The molecule has 3 heterocycles. The Morgan fingerprint density at radius 1 is 1.31 bits per heavy atom. The lowest BCUT2D eigenvalue weighted by atomic mass is 10.0. The van der Waals surface area contributed by atoms with Crippen LogP contribution < -0.4 is 9.47 Å². The van der Waals surface area contributed by atoms with Gasteiger partial charge in [0, 0.05) is 24.5 Å². The summed E-state index contributed by atoms with van der Waals surface area (Å²) in [7, 11) is 0. The van der Waals surface area contributed by atoms with Crippen molar-refractivity contribution >= 4 is 28.6 Å². The average Bonchev–Trinajstić information content (AvgIpc) is 3.10. The van der Waals surface area contributed by atoms with E-state index in [0.717, 1.165) is 53.4 Å². The molecule has 1 atom stereocenters. The van der Waals surface area contributed by atoms with Gasteiger partial charge in [-0.3, -0.25) is 4.79 Å². The lowest BCUT2D eigenvalue weighted by Gasteiger charge is -2.30. The summed E-state index contributed by atoms with van der Waals surface area (Å²) in [5, 5.41) is 1.99. The molecule has 5 nitrogen and oxygen atoms in total. The van der Waals surface area contributed by atoms with Crippen LogP contribution in [0.15, 0.2) is 23.2 Å². The Morgan fingerprint density at radius 3 is 2.88 bits per heavy atom. The molecule has 0 aliphatic carbocycles. The van der Waals surface area contributed by atoms with Gasteiger partial charge in [-0.2, -0.15) is 0 Å². The van der Waals surface area contributed by atoms with E-state index in [2.05, 4.69) is 19.9 Å². The number of pyridine rings is 1. The van der Waals surface area contributed by atoms with Gasteiger partial charge in [0.1, 0.15) is 5.03 Å². The summed E-state index contributed by atoms with van der Waals surface area (Å²) >= 11 is 1.55. The predicted molar refractivity (Wildman–Crippen MR) is 103 cm³/mol. The smallest absolute Gasteiger partial charge is 0.232 e. The summed E-state index contributed by atoms with van der Waals surface area (Å²) in [5.74, 6) is 2.78. The number of ether oxygens (including phenoxy) is 2. The molecule has 2 aromatic rings. The van der Waals surface area contributed by atoms with Gasteiger partial charge in [-0.1, -0.05) is 25.6 Å². The quantitative estimate of drug-likeness (QED) is 0.763. The second-order valence-corrected chi connectivity index (χ2v) is 8.04. The van der Waals surface area contributed by atoms with Gasteiger partial charge in [-0.25, -0.2) is 4.98 Å². The number of aromatic nitrogens is 1. The van der Waals surface area contributed by atoms with Crippen LogP contribution in [0.3, 0.4) is 0 Å². The van der Waals surface area contributed by atoms with E-state index in [1.54, 1.807) is 11.8 Å². The lowest BCUT2D eigenvalue weighted by Crippen LogP contribution is -2.40. The molecule has 2 aliphatic heterocycles. The Morgan fingerprint density at radius 2 is 2.12 bits per heavy atom. The van der Waals surface area contributed by atoms with Gasteiger partial charge in [0.2, 0.25) is 12.7 Å². The molecule has 1 amide bonds. The normalized spacial score (nSPS) is 19.2. The Balaban J connectivity index is 1.53. The average molecular weight is 372 g/mol. The Hall–Kier alpha value is -1.95. The summed E-state index contributed by atoms with van der Waals surface area (Å²) < 4.78 is 10.9. The topological polar surface area (TPSA) is 51.7 Å². The fraction of sp³-hybridized carbons (Fsp3) is 0.500. The third-order valence-corrected chi connectivity index (χ3v) is 6.09. The van der Waals surface area contributed by atoms with Crippen LogP contribution in [0.25, 0.3) is 10.9 Å². The van der Waals surface area contributed by atoms with Crippen molar-refractivity contribution in [2.75, 3.05) is 25.6 Å². The van der Waals surface area contributed by atoms with Crippen LogP contribution in [0.5, 0.6) is 11.5 Å². The van der Waals surface area contributed by atoms with E-state index in [1.165, 1.54) is 12.0 Å². The number of thioether (sulfide) groups is 1. The third-order valence-electron chi connectivity index (χ3n) is 5.07. The van der Waals surface area contributed by atoms with Gasteiger partial charge in [0.15, 0.2) is 11.5 Å². The van der Waals surface area contributed by atoms with Gasteiger partial charge in [-0.05, 0) is 42.9 Å². The highest BCUT2D eigenvalue weighted by Crippen LogP contribution is 2.37. The molecule has 1 aromatic heterocycles. The number of aryl methyl sites for hydroxylation is 1. The molecule has 1 aromatic carbocycles. The van der Waals surface area contributed by atoms with Crippen molar-refractivity contribution in [3.05, 3.63) is 23.8 Å². The van der Waals surface area contributed by atoms with Crippen LogP contribution in [-0.2, 0) is 11.2 Å². The molecule has 6 heteroatoms. The van der Waals surface area contributed by atoms with Crippen LogP contribution in [0.2, 0.25) is 0 Å². The van der Waals surface area contributed by atoms with E-state index in [1.807, 2.05) is 17.0 Å².